The van der Waals surface area contributed by atoms with Crippen molar-refractivity contribution in [1.82, 2.24) is 0 Å². The van der Waals surface area contributed by atoms with E-state index in [-0.39, 0.29) is 6.92 Å². The zero-order valence-corrected chi connectivity index (χ0v) is 16.1. The first-order valence-corrected chi connectivity index (χ1v) is 10.9. The molecule has 0 N–H and O–H groups in total. The molecule has 2 rings (SSSR count). The SMILES string of the molecule is CC(C)[CH2][Al]([CH2]C(C)C)[O]B(c1ccccc1)c1ccccc1. The van der Waals surface area contributed by atoms with Gasteiger partial charge in [0.15, 0.2) is 0 Å². The fraction of sp³-hybridized carbons (Fsp3) is 0.400. The number of hydrogen-bond acceptors (Lipinski definition) is 1. The minimum atomic E-state index is -1.25. The van der Waals surface area contributed by atoms with E-state index in [0.29, 0.717) is 11.8 Å². The van der Waals surface area contributed by atoms with Crippen LogP contribution in [0.15, 0.2) is 60.7 Å². The molecule has 0 spiro atoms. The van der Waals surface area contributed by atoms with Crippen LogP contribution in [0, 0.1) is 11.8 Å². The predicted octanol–water partition coefficient (Wildman–Crippen LogP) is 4.11. The van der Waals surface area contributed by atoms with Gasteiger partial charge in [-0.05, 0) is 10.9 Å². The lowest BCUT2D eigenvalue weighted by molar-refractivity contribution is 0.550. The summed E-state index contributed by atoms with van der Waals surface area (Å²) in [4.78, 5) is 0. The van der Waals surface area contributed by atoms with Crippen LogP contribution in [0.2, 0.25) is 10.6 Å². The van der Waals surface area contributed by atoms with Gasteiger partial charge in [0.05, 0.1) is 0 Å². The summed E-state index contributed by atoms with van der Waals surface area (Å²) in [5.41, 5.74) is 2.53. The van der Waals surface area contributed by atoms with Crippen LogP contribution in [0.25, 0.3) is 0 Å². The zero-order chi connectivity index (χ0) is 16.7. The van der Waals surface area contributed by atoms with E-state index in [9.17, 15) is 0 Å². The van der Waals surface area contributed by atoms with Crippen LogP contribution in [-0.4, -0.2) is 21.4 Å². The number of benzene rings is 2. The summed E-state index contributed by atoms with van der Waals surface area (Å²) in [5.74, 6) is 1.41. The lowest BCUT2D eigenvalue weighted by atomic mass is 9.56. The third-order valence-corrected chi connectivity index (χ3v) is 7.60. The summed E-state index contributed by atoms with van der Waals surface area (Å²) in [5, 5.41) is 2.49. The standard InChI is InChI=1S/C12H10BO.2C4H9.Al/c14-13(11-7-3-1-4-8-11)12-9-5-2-6-10-12;2*1-4(2)3;/h1-10H;2*4H,1H2,2-3H3;/q-1;;;+1. The van der Waals surface area contributed by atoms with Gasteiger partial charge in [0.1, 0.15) is 0 Å². The van der Waals surface area contributed by atoms with Gasteiger partial charge in [-0.15, -0.1) is 0 Å². The Balaban J connectivity index is 2.25. The van der Waals surface area contributed by atoms with Crippen molar-refractivity contribution in [3.8, 4) is 0 Å². The van der Waals surface area contributed by atoms with Gasteiger partial charge in [-0.2, -0.15) is 0 Å². The summed E-state index contributed by atoms with van der Waals surface area (Å²) in [7, 11) is 0. The second kappa shape index (κ2) is 9.33. The van der Waals surface area contributed by atoms with Gasteiger partial charge >= 0.3 is 21.4 Å². The summed E-state index contributed by atoms with van der Waals surface area (Å²) in [6, 6.07) is 21.3. The molecule has 0 aromatic heterocycles. The Bertz CT molecular complexity index is 507. The van der Waals surface area contributed by atoms with Gasteiger partial charge in [-0.25, -0.2) is 0 Å². The van der Waals surface area contributed by atoms with Crippen LogP contribution in [0.4, 0.5) is 0 Å². The maximum atomic E-state index is 6.78. The van der Waals surface area contributed by atoms with E-state index >= 15 is 0 Å². The average molecular weight is 322 g/mol. The Morgan fingerprint density at radius 1 is 0.739 bits per heavy atom. The molecule has 2 aromatic carbocycles. The molecule has 3 heteroatoms. The summed E-state index contributed by atoms with van der Waals surface area (Å²) in [6.45, 7) is 9.31. The van der Waals surface area contributed by atoms with Crippen molar-refractivity contribution < 1.29 is 3.71 Å². The van der Waals surface area contributed by atoms with Crippen LogP contribution >= 0.6 is 0 Å². The molecule has 0 atom stereocenters. The van der Waals surface area contributed by atoms with Crippen molar-refractivity contribution in [3.63, 3.8) is 0 Å². The lowest BCUT2D eigenvalue weighted by Gasteiger charge is -2.23. The molecule has 0 aliphatic heterocycles. The molecule has 23 heavy (non-hydrogen) atoms. The van der Waals surface area contributed by atoms with Gasteiger partial charge in [-0.3, -0.25) is 0 Å². The maximum Gasteiger partial charge on any atom is 0.446 e. The molecule has 2 aromatic rings. The fourth-order valence-corrected chi connectivity index (χ4v) is 6.27. The first-order valence-electron chi connectivity index (χ1n) is 8.81. The summed E-state index contributed by atoms with van der Waals surface area (Å²) in [6.07, 6.45) is 0. The number of rotatable bonds is 8. The van der Waals surface area contributed by atoms with Crippen LogP contribution in [0.1, 0.15) is 27.7 Å². The van der Waals surface area contributed by atoms with E-state index in [1.807, 2.05) is 0 Å². The molecule has 0 fully saturated rings. The highest BCUT2D eigenvalue weighted by atomic mass is 27.2. The Hall–Kier alpha value is -1.00. The molecule has 0 heterocycles. The molecule has 120 valence electrons. The Kier molecular flexibility index (Phi) is 7.44. The van der Waals surface area contributed by atoms with Crippen molar-refractivity contribution in [1.29, 1.82) is 0 Å². The Morgan fingerprint density at radius 2 is 1.13 bits per heavy atom. The van der Waals surface area contributed by atoms with E-state index in [1.165, 1.54) is 21.5 Å². The first kappa shape index (κ1) is 18.3. The van der Waals surface area contributed by atoms with Gasteiger partial charge < -0.3 is 3.71 Å². The molecule has 0 radical (unpaired) electrons. The second-order valence-electron chi connectivity index (χ2n) is 7.22. The Morgan fingerprint density at radius 3 is 1.48 bits per heavy atom. The van der Waals surface area contributed by atoms with Crippen molar-refractivity contribution in [2.45, 2.75) is 38.3 Å². The van der Waals surface area contributed by atoms with Crippen molar-refractivity contribution in [2.24, 2.45) is 11.8 Å². The average Bonchev–Trinajstić information content (AvgIpc) is 2.53. The monoisotopic (exact) mass is 322 g/mol. The van der Waals surface area contributed by atoms with Crippen LogP contribution in [-0.2, 0) is 3.71 Å². The highest BCUT2D eigenvalue weighted by Crippen LogP contribution is 2.16. The molecule has 0 aliphatic carbocycles. The van der Waals surface area contributed by atoms with Crippen LogP contribution < -0.4 is 10.9 Å². The van der Waals surface area contributed by atoms with E-state index in [0.717, 1.165) is 0 Å². The summed E-state index contributed by atoms with van der Waals surface area (Å²) >= 11 is -1.25. The molecule has 0 saturated carbocycles. The minimum Gasteiger partial charge on any atom is -0.560 e. The lowest BCUT2D eigenvalue weighted by Crippen LogP contribution is -2.48. The van der Waals surface area contributed by atoms with Gasteiger partial charge in [0.25, 0.3) is 0 Å². The quantitative estimate of drug-likeness (QED) is 0.665. The van der Waals surface area contributed by atoms with E-state index < -0.39 is 14.5 Å². The minimum absolute atomic E-state index is 0.0755. The largest absolute Gasteiger partial charge is 0.560 e. The third-order valence-electron chi connectivity index (χ3n) is 4.00. The molecule has 1 nitrogen and oxygen atoms in total. The molecule has 0 bridgehead atoms. The van der Waals surface area contributed by atoms with E-state index in [1.54, 1.807) is 0 Å². The highest BCUT2D eigenvalue weighted by Gasteiger charge is 2.30. The van der Waals surface area contributed by atoms with Crippen LogP contribution in [0.5, 0.6) is 0 Å². The van der Waals surface area contributed by atoms with E-state index in [2.05, 4.69) is 88.4 Å². The van der Waals surface area contributed by atoms with Crippen LogP contribution in [0.3, 0.4) is 0 Å². The van der Waals surface area contributed by atoms with Gasteiger partial charge in [0, 0.05) is 0 Å². The van der Waals surface area contributed by atoms with Crippen molar-refractivity contribution >= 4 is 32.3 Å². The maximum absolute atomic E-state index is 6.78. The normalized spacial score (nSPS) is 11.0. The van der Waals surface area contributed by atoms with Crippen molar-refractivity contribution in [3.05, 3.63) is 60.7 Å². The topological polar surface area (TPSA) is 9.23 Å². The molecule has 0 aliphatic rings. The Labute approximate surface area is 146 Å². The smallest absolute Gasteiger partial charge is 0.446 e. The fourth-order valence-electron chi connectivity index (χ4n) is 3.06. The highest BCUT2D eigenvalue weighted by molar-refractivity contribution is 6.84. The molecule has 0 unspecified atom stereocenters. The third kappa shape index (κ3) is 6.19. The molecular formula is C20H28AlBO. The molecule has 0 saturated heterocycles. The van der Waals surface area contributed by atoms with Gasteiger partial charge in [0.2, 0.25) is 0 Å². The summed E-state index contributed by atoms with van der Waals surface area (Å²) < 4.78 is 6.78. The van der Waals surface area contributed by atoms with Gasteiger partial charge in [-0.1, -0.05) is 111 Å². The second-order valence-corrected chi connectivity index (χ2v) is 9.68. The van der Waals surface area contributed by atoms with E-state index in [4.69, 9.17) is 3.71 Å². The number of hydrogen-bond donors (Lipinski definition) is 0. The first-order chi connectivity index (χ1) is 11.1. The van der Waals surface area contributed by atoms with Crippen molar-refractivity contribution in [2.75, 3.05) is 0 Å². The molecule has 0 amide bonds. The molecular weight excluding hydrogens is 294 g/mol. The predicted molar refractivity (Wildman–Crippen MR) is 104 cm³/mol. The zero-order valence-electron chi connectivity index (χ0n) is 14.9.